The molecule has 8 heteroatoms. The lowest BCUT2D eigenvalue weighted by atomic mass is 10.1. The summed E-state index contributed by atoms with van der Waals surface area (Å²) in [6.45, 7) is 3.51. The molecule has 152 valence electrons. The van der Waals surface area contributed by atoms with Gasteiger partial charge in [-0.25, -0.2) is 4.68 Å². The molecule has 1 saturated heterocycles. The highest BCUT2D eigenvalue weighted by Crippen LogP contribution is 2.23. The summed E-state index contributed by atoms with van der Waals surface area (Å²) in [7, 11) is 0. The van der Waals surface area contributed by atoms with Crippen LogP contribution in [0.4, 0.5) is 5.13 Å². The summed E-state index contributed by atoms with van der Waals surface area (Å²) in [5.41, 5.74) is 2.29. The summed E-state index contributed by atoms with van der Waals surface area (Å²) < 4.78 is 13.4. The smallest absolute Gasteiger partial charge is 0.207 e. The van der Waals surface area contributed by atoms with Crippen LogP contribution in [0.2, 0.25) is 0 Å². The Morgan fingerprint density at radius 3 is 2.48 bits per heavy atom. The van der Waals surface area contributed by atoms with Crippen LogP contribution in [-0.2, 0) is 11.3 Å². The predicted molar refractivity (Wildman–Crippen MR) is 117 cm³/mol. The summed E-state index contributed by atoms with van der Waals surface area (Å²) in [5, 5.41) is 15.8. The van der Waals surface area contributed by atoms with Crippen molar-refractivity contribution < 1.29 is 14.6 Å². The minimum Gasteiger partial charge on any atom is -0.491 e. The van der Waals surface area contributed by atoms with Crippen LogP contribution in [0.15, 0.2) is 54.6 Å². The topological polar surface area (TPSA) is 59.8 Å². The van der Waals surface area contributed by atoms with Crippen molar-refractivity contribution in [2.75, 3.05) is 37.8 Å². The molecule has 0 aliphatic carbocycles. The zero-order chi connectivity index (χ0) is 20.1. The molecule has 0 radical (unpaired) electrons. The van der Waals surface area contributed by atoms with Crippen LogP contribution in [-0.4, -0.2) is 53.9 Å². The largest absolute Gasteiger partial charge is 0.491 e. The molecule has 4 rings (SSSR count). The van der Waals surface area contributed by atoms with Gasteiger partial charge in [0, 0.05) is 13.1 Å². The van der Waals surface area contributed by atoms with E-state index in [1.165, 1.54) is 11.3 Å². The van der Waals surface area contributed by atoms with Crippen molar-refractivity contribution in [2.24, 2.45) is 0 Å². The number of nitrogens with zero attached hydrogens (tertiary/aromatic N) is 3. The third-order valence-electron chi connectivity index (χ3n) is 4.66. The SMILES string of the molecule is OC(COc1ccc(-c2ccccc2)cc1)Cn1nc(N2CCOCC2)sc1=S. The van der Waals surface area contributed by atoms with Crippen LogP contribution in [0.1, 0.15) is 0 Å². The molecule has 29 heavy (non-hydrogen) atoms. The van der Waals surface area contributed by atoms with Crippen LogP contribution < -0.4 is 9.64 Å². The minimum absolute atomic E-state index is 0.177. The molecule has 0 amide bonds. The minimum atomic E-state index is -0.699. The van der Waals surface area contributed by atoms with Crippen molar-refractivity contribution in [1.82, 2.24) is 9.78 Å². The first-order chi connectivity index (χ1) is 14.2. The molecule has 6 nitrogen and oxygen atoms in total. The van der Waals surface area contributed by atoms with Gasteiger partial charge in [0.25, 0.3) is 0 Å². The van der Waals surface area contributed by atoms with Crippen LogP contribution >= 0.6 is 23.6 Å². The number of aliphatic hydroxyl groups excluding tert-OH is 1. The lowest BCUT2D eigenvalue weighted by molar-refractivity contribution is 0.0890. The molecule has 1 aliphatic heterocycles. The number of hydrogen-bond donors (Lipinski definition) is 1. The van der Waals surface area contributed by atoms with Crippen molar-refractivity contribution in [1.29, 1.82) is 0 Å². The molecule has 2 aromatic carbocycles. The van der Waals surface area contributed by atoms with Gasteiger partial charge in [-0.2, -0.15) is 0 Å². The fourth-order valence-corrected chi connectivity index (χ4v) is 4.28. The van der Waals surface area contributed by atoms with Gasteiger partial charge < -0.3 is 19.5 Å². The van der Waals surface area contributed by atoms with E-state index in [-0.39, 0.29) is 6.61 Å². The van der Waals surface area contributed by atoms with Gasteiger partial charge in [0.15, 0.2) is 3.95 Å². The zero-order valence-electron chi connectivity index (χ0n) is 15.9. The zero-order valence-corrected chi connectivity index (χ0v) is 17.6. The standard InChI is InChI=1S/C21H23N3O3S2/c25-18(14-24-21(28)29-20(22-24)23-10-12-26-13-11-23)15-27-19-8-6-17(7-9-19)16-4-2-1-3-5-16/h1-9,18,25H,10-15H2. The number of anilines is 1. The second kappa shape index (κ2) is 9.49. The van der Waals surface area contributed by atoms with E-state index in [2.05, 4.69) is 22.1 Å². The molecule has 2 heterocycles. The highest BCUT2D eigenvalue weighted by atomic mass is 32.1. The molecule has 1 unspecified atom stereocenters. The summed E-state index contributed by atoms with van der Waals surface area (Å²) in [5.74, 6) is 0.722. The predicted octanol–water partition coefficient (Wildman–Crippen LogP) is 3.62. The maximum atomic E-state index is 10.4. The van der Waals surface area contributed by atoms with E-state index in [0.29, 0.717) is 23.7 Å². The Kier molecular flexibility index (Phi) is 6.56. The number of aromatic nitrogens is 2. The second-order valence-corrected chi connectivity index (χ2v) is 8.39. The maximum absolute atomic E-state index is 10.4. The van der Waals surface area contributed by atoms with Gasteiger partial charge in [-0.3, -0.25) is 0 Å². The Morgan fingerprint density at radius 2 is 1.76 bits per heavy atom. The molecule has 1 atom stereocenters. The van der Waals surface area contributed by atoms with E-state index < -0.39 is 6.10 Å². The number of morpholine rings is 1. The molecule has 0 spiro atoms. The normalized spacial score (nSPS) is 15.3. The van der Waals surface area contributed by atoms with Crippen LogP contribution in [0.5, 0.6) is 5.75 Å². The van der Waals surface area contributed by atoms with E-state index in [4.69, 9.17) is 21.7 Å². The molecular formula is C21H23N3O3S2. The highest BCUT2D eigenvalue weighted by molar-refractivity contribution is 7.73. The van der Waals surface area contributed by atoms with Crippen molar-refractivity contribution in [3.8, 4) is 16.9 Å². The second-order valence-electron chi connectivity index (χ2n) is 6.79. The van der Waals surface area contributed by atoms with Crippen LogP contribution in [0, 0.1) is 3.95 Å². The van der Waals surface area contributed by atoms with Gasteiger partial charge in [-0.05, 0) is 35.5 Å². The third-order valence-corrected chi connectivity index (χ3v) is 6.03. The molecule has 0 saturated carbocycles. The van der Waals surface area contributed by atoms with Crippen molar-refractivity contribution in [2.45, 2.75) is 12.6 Å². The molecule has 1 aromatic heterocycles. The highest BCUT2D eigenvalue weighted by Gasteiger charge is 2.17. The van der Waals surface area contributed by atoms with E-state index >= 15 is 0 Å². The van der Waals surface area contributed by atoms with E-state index in [1.807, 2.05) is 42.5 Å². The average molecular weight is 430 g/mol. The van der Waals surface area contributed by atoms with E-state index in [1.54, 1.807) is 4.68 Å². The quantitative estimate of drug-likeness (QED) is 0.579. The van der Waals surface area contributed by atoms with Gasteiger partial charge in [-0.15, -0.1) is 5.10 Å². The number of aliphatic hydroxyl groups is 1. The van der Waals surface area contributed by atoms with Gasteiger partial charge in [0.2, 0.25) is 5.13 Å². The molecule has 1 aliphatic rings. The lowest BCUT2D eigenvalue weighted by Gasteiger charge is -2.25. The molecule has 1 N–H and O–H groups in total. The van der Waals surface area contributed by atoms with Crippen molar-refractivity contribution in [3.05, 3.63) is 58.6 Å². The van der Waals surface area contributed by atoms with Crippen LogP contribution in [0.3, 0.4) is 0 Å². The number of benzene rings is 2. The Labute approximate surface area is 178 Å². The van der Waals surface area contributed by atoms with E-state index in [0.717, 1.165) is 35.1 Å². The number of ether oxygens (including phenoxy) is 2. The summed E-state index contributed by atoms with van der Waals surface area (Å²) in [6.07, 6.45) is -0.699. The first-order valence-electron chi connectivity index (χ1n) is 9.56. The molecule has 1 fully saturated rings. The summed E-state index contributed by atoms with van der Waals surface area (Å²) in [6, 6.07) is 18.0. The number of hydrogen-bond acceptors (Lipinski definition) is 7. The Morgan fingerprint density at radius 1 is 1.07 bits per heavy atom. The Hall–Kier alpha value is -2.26. The number of rotatable bonds is 7. The van der Waals surface area contributed by atoms with E-state index in [9.17, 15) is 5.11 Å². The Balaban J connectivity index is 1.31. The average Bonchev–Trinajstić information content (AvgIpc) is 3.14. The summed E-state index contributed by atoms with van der Waals surface area (Å²) in [4.78, 5) is 2.16. The summed E-state index contributed by atoms with van der Waals surface area (Å²) >= 11 is 6.87. The van der Waals surface area contributed by atoms with Gasteiger partial charge in [-0.1, -0.05) is 53.8 Å². The van der Waals surface area contributed by atoms with Crippen molar-refractivity contribution >= 4 is 28.7 Å². The first kappa shape index (κ1) is 20.0. The van der Waals surface area contributed by atoms with Crippen molar-refractivity contribution in [3.63, 3.8) is 0 Å². The third kappa shape index (κ3) is 5.22. The lowest BCUT2D eigenvalue weighted by Crippen LogP contribution is -2.36. The molecule has 3 aromatic rings. The van der Waals surface area contributed by atoms with Gasteiger partial charge in [0.05, 0.1) is 19.8 Å². The molecular weight excluding hydrogens is 406 g/mol. The Bertz CT molecular complexity index is 967. The maximum Gasteiger partial charge on any atom is 0.207 e. The fraction of sp³-hybridized carbons (Fsp3) is 0.333. The fourth-order valence-electron chi connectivity index (χ4n) is 3.11. The first-order valence-corrected chi connectivity index (χ1v) is 10.8. The van der Waals surface area contributed by atoms with Crippen LogP contribution in [0.25, 0.3) is 11.1 Å². The monoisotopic (exact) mass is 429 g/mol. The molecule has 0 bridgehead atoms. The van der Waals surface area contributed by atoms with Gasteiger partial charge in [0.1, 0.15) is 18.5 Å². The van der Waals surface area contributed by atoms with Gasteiger partial charge >= 0.3 is 0 Å².